The Hall–Kier alpha value is -5.84. The second-order valence-electron chi connectivity index (χ2n) is 9.31. The second kappa shape index (κ2) is 14.4. The minimum atomic E-state index is -0.673. The maximum Gasteiger partial charge on any atom is 0.343 e. The quantitative estimate of drug-likeness (QED) is 0.103. The Labute approximate surface area is 254 Å². The first-order valence-electron chi connectivity index (χ1n) is 13.3. The Kier molecular flexibility index (Phi) is 10.2. The zero-order valence-electron chi connectivity index (χ0n) is 24.8. The predicted octanol–water partition coefficient (Wildman–Crippen LogP) is 5.26. The molecular weight excluding hydrogens is 566 g/mol. The fraction of sp³-hybridized carbons (Fsp3) is 0.152. The summed E-state index contributed by atoms with van der Waals surface area (Å²) in [6.07, 6.45) is 1.41. The van der Waals surface area contributed by atoms with Crippen LogP contribution in [0.2, 0.25) is 0 Å². The first kappa shape index (κ1) is 31.1. The van der Waals surface area contributed by atoms with Gasteiger partial charge in [-0.2, -0.15) is 5.10 Å². The van der Waals surface area contributed by atoms with Crippen LogP contribution in [0.3, 0.4) is 0 Å². The number of nitrogens with one attached hydrogen (secondary N) is 2. The van der Waals surface area contributed by atoms with E-state index in [0.29, 0.717) is 39.6 Å². The highest BCUT2D eigenvalue weighted by Gasteiger charge is 2.20. The third kappa shape index (κ3) is 7.51. The van der Waals surface area contributed by atoms with Crippen LogP contribution in [0.5, 0.6) is 28.7 Å². The van der Waals surface area contributed by atoms with Crippen molar-refractivity contribution in [2.24, 2.45) is 5.10 Å². The lowest BCUT2D eigenvalue weighted by Gasteiger charge is -2.14. The first-order chi connectivity index (χ1) is 21.3. The summed E-state index contributed by atoms with van der Waals surface area (Å²) in [5.74, 6) is -0.0557. The molecule has 2 amide bonds. The van der Waals surface area contributed by atoms with Crippen LogP contribution in [0.4, 0.5) is 5.69 Å². The summed E-state index contributed by atoms with van der Waals surface area (Å²) in [7, 11) is 5.79. The largest absolute Gasteiger partial charge is 0.493 e. The minimum absolute atomic E-state index is 0.164. The molecule has 0 atom stereocenters. The van der Waals surface area contributed by atoms with Crippen molar-refractivity contribution in [3.63, 3.8) is 0 Å². The lowest BCUT2D eigenvalue weighted by Crippen LogP contribution is -2.18. The van der Waals surface area contributed by atoms with E-state index in [-0.39, 0.29) is 23.0 Å². The van der Waals surface area contributed by atoms with Gasteiger partial charge in [0, 0.05) is 16.8 Å². The van der Waals surface area contributed by atoms with Crippen LogP contribution in [-0.4, -0.2) is 52.4 Å². The topological polar surface area (TPSA) is 134 Å². The van der Waals surface area contributed by atoms with Crippen LogP contribution in [0.15, 0.2) is 84.0 Å². The highest BCUT2D eigenvalue weighted by Crippen LogP contribution is 2.39. The van der Waals surface area contributed by atoms with E-state index in [1.54, 1.807) is 48.5 Å². The lowest BCUT2D eigenvalue weighted by molar-refractivity contribution is 0.0728. The molecule has 0 radical (unpaired) electrons. The Morgan fingerprint density at radius 2 is 1.34 bits per heavy atom. The molecule has 0 bridgehead atoms. The average Bonchev–Trinajstić information content (AvgIpc) is 3.04. The van der Waals surface area contributed by atoms with E-state index < -0.39 is 11.9 Å². The molecule has 4 aromatic rings. The monoisotopic (exact) mass is 597 g/mol. The highest BCUT2D eigenvalue weighted by molar-refractivity contribution is 6.05. The van der Waals surface area contributed by atoms with Gasteiger partial charge in [-0.15, -0.1) is 0 Å². The number of hydrogen-bond acceptors (Lipinski definition) is 9. The number of ether oxygens (including phenoxy) is 5. The molecular formula is C33H31N3O8. The van der Waals surface area contributed by atoms with Crippen LogP contribution in [0, 0.1) is 6.92 Å². The summed E-state index contributed by atoms with van der Waals surface area (Å²) < 4.78 is 26.9. The smallest absolute Gasteiger partial charge is 0.343 e. The van der Waals surface area contributed by atoms with Crippen LogP contribution in [-0.2, 0) is 0 Å². The third-order valence-electron chi connectivity index (χ3n) is 6.37. The van der Waals surface area contributed by atoms with Gasteiger partial charge in [0.15, 0.2) is 23.0 Å². The number of rotatable bonds is 11. The zero-order chi connectivity index (χ0) is 31.6. The SMILES string of the molecule is COc1cc(C=NNC(=O)c2cccc(NC(=O)c3ccc(C)cc3)c2)ccc1OC(=O)c1cc(OC)c(OC)c(OC)c1. The van der Waals surface area contributed by atoms with Gasteiger partial charge < -0.3 is 29.0 Å². The van der Waals surface area contributed by atoms with Crippen LogP contribution >= 0.6 is 0 Å². The number of aryl methyl sites for hydroxylation is 1. The summed E-state index contributed by atoms with van der Waals surface area (Å²) in [6, 6.07) is 21.4. The molecule has 0 aliphatic heterocycles. The molecule has 0 unspecified atom stereocenters. The molecule has 0 aromatic heterocycles. The highest BCUT2D eigenvalue weighted by atomic mass is 16.6. The van der Waals surface area contributed by atoms with Gasteiger partial charge in [-0.25, -0.2) is 10.2 Å². The van der Waals surface area contributed by atoms with Gasteiger partial charge in [-0.05, 0) is 73.2 Å². The van der Waals surface area contributed by atoms with Gasteiger partial charge in [-0.1, -0.05) is 23.8 Å². The Balaban J connectivity index is 1.40. The number of carbonyl (C=O) groups excluding carboxylic acids is 3. The molecule has 0 aliphatic carbocycles. The summed E-state index contributed by atoms with van der Waals surface area (Å²) >= 11 is 0. The number of nitrogens with zero attached hydrogens (tertiary/aromatic N) is 1. The molecule has 4 aromatic carbocycles. The second-order valence-corrected chi connectivity index (χ2v) is 9.31. The Morgan fingerprint density at radius 1 is 0.659 bits per heavy atom. The van der Waals surface area contributed by atoms with Gasteiger partial charge in [-0.3, -0.25) is 9.59 Å². The van der Waals surface area contributed by atoms with Crippen LogP contribution in [0.25, 0.3) is 0 Å². The van der Waals surface area contributed by atoms with Crippen molar-refractivity contribution >= 4 is 29.7 Å². The molecule has 11 heteroatoms. The van der Waals surface area contributed by atoms with E-state index in [0.717, 1.165) is 5.56 Å². The van der Waals surface area contributed by atoms with Crippen molar-refractivity contribution in [3.8, 4) is 28.7 Å². The maximum atomic E-state index is 12.9. The van der Waals surface area contributed by atoms with Gasteiger partial charge in [0.25, 0.3) is 11.8 Å². The molecule has 11 nitrogen and oxygen atoms in total. The first-order valence-corrected chi connectivity index (χ1v) is 13.3. The number of amides is 2. The molecule has 2 N–H and O–H groups in total. The fourth-order valence-electron chi connectivity index (χ4n) is 4.08. The van der Waals surface area contributed by atoms with E-state index in [1.807, 2.05) is 19.1 Å². The molecule has 0 heterocycles. The molecule has 0 saturated carbocycles. The standard InChI is InChI=1S/C33H31N3O8/c1-20-9-12-22(13-10-20)31(37)35-25-8-6-7-23(16-25)32(38)36-34-19-21-11-14-26(27(15-21)40-2)44-33(39)24-17-28(41-3)30(43-5)29(18-24)42-4/h6-19H,1-5H3,(H,35,37)(H,36,38). The average molecular weight is 598 g/mol. The number of benzene rings is 4. The lowest BCUT2D eigenvalue weighted by atomic mass is 10.1. The number of methoxy groups -OCH3 is 4. The summed E-state index contributed by atoms with van der Waals surface area (Å²) in [5.41, 5.74) is 5.52. The summed E-state index contributed by atoms with van der Waals surface area (Å²) in [6.45, 7) is 1.94. The number of carbonyl (C=O) groups is 3. The zero-order valence-corrected chi connectivity index (χ0v) is 24.8. The number of anilines is 1. The van der Waals surface area contributed by atoms with Crippen molar-refractivity contribution in [1.29, 1.82) is 0 Å². The van der Waals surface area contributed by atoms with Crippen molar-refractivity contribution in [2.45, 2.75) is 6.92 Å². The van der Waals surface area contributed by atoms with Crippen molar-refractivity contribution in [1.82, 2.24) is 5.43 Å². The van der Waals surface area contributed by atoms with E-state index in [1.165, 1.54) is 52.9 Å². The van der Waals surface area contributed by atoms with E-state index in [2.05, 4.69) is 15.8 Å². The van der Waals surface area contributed by atoms with Crippen molar-refractivity contribution in [2.75, 3.05) is 33.8 Å². The van der Waals surface area contributed by atoms with Gasteiger partial charge in [0.2, 0.25) is 5.75 Å². The van der Waals surface area contributed by atoms with E-state index >= 15 is 0 Å². The molecule has 0 fully saturated rings. The minimum Gasteiger partial charge on any atom is -0.493 e. The van der Waals surface area contributed by atoms with E-state index in [4.69, 9.17) is 23.7 Å². The Bertz CT molecular complexity index is 1680. The normalized spacial score (nSPS) is 10.6. The molecule has 0 spiro atoms. The predicted molar refractivity (Wildman–Crippen MR) is 165 cm³/mol. The Morgan fingerprint density at radius 3 is 1.98 bits per heavy atom. The molecule has 226 valence electrons. The van der Waals surface area contributed by atoms with Gasteiger partial charge in [0.05, 0.1) is 40.2 Å². The van der Waals surface area contributed by atoms with Crippen LogP contribution in [0.1, 0.15) is 42.2 Å². The summed E-state index contributed by atoms with van der Waals surface area (Å²) in [5, 5.41) is 6.81. The van der Waals surface area contributed by atoms with Gasteiger partial charge in [0.1, 0.15) is 0 Å². The van der Waals surface area contributed by atoms with E-state index in [9.17, 15) is 14.4 Å². The fourth-order valence-corrected chi connectivity index (χ4v) is 4.08. The number of hydrogen-bond donors (Lipinski definition) is 2. The van der Waals surface area contributed by atoms with Crippen LogP contribution < -0.4 is 34.4 Å². The van der Waals surface area contributed by atoms with Gasteiger partial charge >= 0.3 is 5.97 Å². The molecule has 44 heavy (non-hydrogen) atoms. The molecule has 0 aliphatic rings. The number of esters is 1. The molecule has 4 rings (SSSR count). The summed E-state index contributed by atoms with van der Waals surface area (Å²) in [4.78, 5) is 38.2. The van der Waals surface area contributed by atoms with Crippen molar-refractivity contribution in [3.05, 3.63) is 107 Å². The number of hydrazone groups is 1. The van der Waals surface area contributed by atoms with Crippen molar-refractivity contribution < 1.29 is 38.1 Å². The maximum absolute atomic E-state index is 12.9. The molecule has 0 saturated heterocycles. The third-order valence-corrected chi connectivity index (χ3v) is 6.37.